The van der Waals surface area contributed by atoms with Crippen LogP contribution in [0.15, 0.2) is 98.1 Å². The van der Waals surface area contributed by atoms with E-state index in [1.807, 2.05) is 72.8 Å². The first kappa shape index (κ1) is 33.5. The van der Waals surface area contributed by atoms with Gasteiger partial charge in [0.2, 0.25) is 11.8 Å². The number of alkyl halides is 1. The van der Waals surface area contributed by atoms with Gasteiger partial charge >= 0.3 is 0 Å². The average molecular weight is 717 g/mol. The largest absolute Gasteiger partial charge is 0.396 e. The zero-order valence-electron chi connectivity index (χ0n) is 26.5. The molecule has 3 aliphatic heterocycles. The number of carbonyl (C=O) groups is 3. The highest BCUT2D eigenvalue weighted by Gasteiger charge is 2.76. The third kappa shape index (κ3) is 6.07. The van der Waals surface area contributed by atoms with E-state index in [4.69, 9.17) is 0 Å². The number of hydrogen-bond donors (Lipinski definition) is 1. The van der Waals surface area contributed by atoms with E-state index in [1.54, 1.807) is 38.6 Å². The number of halogens is 1. The highest BCUT2D eigenvalue weighted by molar-refractivity contribution is 9.09. The van der Waals surface area contributed by atoms with Crippen molar-refractivity contribution in [3.63, 3.8) is 0 Å². The van der Waals surface area contributed by atoms with Gasteiger partial charge in [-0.3, -0.25) is 14.4 Å². The maximum Gasteiger partial charge on any atom is 0.251 e. The van der Waals surface area contributed by atoms with E-state index in [-0.39, 0.29) is 34.4 Å². The van der Waals surface area contributed by atoms with Gasteiger partial charge in [0.15, 0.2) is 0 Å². The van der Waals surface area contributed by atoms with Gasteiger partial charge in [-0.15, -0.1) is 24.9 Å². The standard InChI is InChI=1S/C38H42BrN3O4S/c1-3-20-40(28-16-8-7-9-17-28)35(44)31-32-36(45)42(22-12-5-6-13-23-43)34(38(32)25-30(39)33(31)47-38)37(46)41(21-4-2)29-19-18-26-14-10-11-15-27(26)24-29/h3-4,7-11,14-19,24,30-34,43H,1-2,5-6,12-13,20-23,25H2/t30?,31-,32+,33-,34?,38?/m1/s1. The summed E-state index contributed by atoms with van der Waals surface area (Å²) < 4.78 is -0.759. The second-order valence-corrected chi connectivity index (χ2v) is 15.4. The minimum atomic E-state index is -0.759. The van der Waals surface area contributed by atoms with Crippen LogP contribution in [0.4, 0.5) is 11.4 Å². The molecule has 3 heterocycles. The third-order valence-electron chi connectivity index (χ3n) is 9.88. The molecule has 47 heavy (non-hydrogen) atoms. The first-order valence-electron chi connectivity index (χ1n) is 16.5. The lowest BCUT2D eigenvalue weighted by Gasteiger charge is -2.38. The van der Waals surface area contributed by atoms with Crippen LogP contribution in [0.1, 0.15) is 32.1 Å². The molecule has 3 aromatic rings. The Kier molecular flexibility index (Phi) is 10.2. The van der Waals surface area contributed by atoms with Crippen LogP contribution < -0.4 is 9.80 Å². The number of carbonyl (C=O) groups excluding carboxylic acids is 3. The van der Waals surface area contributed by atoms with Crippen LogP contribution in [0, 0.1) is 11.8 Å². The van der Waals surface area contributed by atoms with Gasteiger partial charge in [-0.1, -0.05) is 89.5 Å². The molecule has 0 aromatic heterocycles. The fourth-order valence-electron chi connectivity index (χ4n) is 7.86. The topological polar surface area (TPSA) is 81.2 Å². The van der Waals surface area contributed by atoms with Crippen LogP contribution in [-0.4, -0.2) is 74.8 Å². The maximum absolute atomic E-state index is 15.0. The van der Waals surface area contributed by atoms with Gasteiger partial charge in [0.1, 0.15) is 6.04 Å². The van der Waals surface area contributed by atoms with Gasteiger partial charge in [-0.05, 0) is 54.3 Å². The number of para-hydroxylation sites is 1. The molecule has 2 bridgehead atoms. The van der Waals surface area contributed by atoms with Crippen molar-refractivity contribution in [3.8, 4) is 0 Å². The summed E-state index contributed by atoms with van der Waals surface area (Å²) in [4.78, 5) is 49.6. The molecule has 7 nitrogen and oxygen atoms in total. The normalized spacial score (nSPS) is 26.0. The molecular weight excluding hydrogens is 674 g/mol. The summed E-state index contributed by atoms with van der Waals surface area (Å²) in [6, 6.07) is 22.8. The Balaban J connectivity index is 1.40. The van der Waals surface area contributed by atoms with Crippen molar-refractivity contribution in [1.29, 1.82) is 0 Å². The van der Waals surface area contributed by atoms with Crippen molar-refractivity contribution < 1.29 is 19.5 Å². The van der Waals surface area contributed by atoms with Gasteiger partial charge in [0.25, 0.3) is 5.91 Å². The molecule has 1 N–H and O–H groups in total. The monoisotopic (exact) mass is 715 g/mol. The van der Waals surface area contributed by atoms with E-state index in [1.165, 1.54) is 0 Å². The Labute approximate surface area is 289 Å². The van der Waals surface area contributed by atoms with Crippen LogP contribution >= 0.6 is 27.7 Å². The lowest BCUT2D eigenvalue weighted by atomic mass is 9.70. The number of nitrogens with zero attached hydrogens (tertiary/aromatic N) is 3. The second kappa shape index (κ2) is 14.4. The molecule has 9 heteroatoms. The lowest BCUT2D eigenvalue weighted by Crippen LogP contribution is -2.56. The van der Waals surface area contributed by atoms with E-state index in [0.29, 0.717) is 38.9 Å². The van der Waals surface area contributed by atoms with Crippen LogP contribution in [0.2, 0.25) is 0 Å². The first-order chi connectivity index (χ1) is 22.9. The molecule has 0 aliphatic carbocycles. The number of likely N-dealkylation sites (tertiary alicyclic amines) is 1. The molecule has 3 aromatic carbocycles. The summed E-state index contributed by atoms with van der Waals surface area (Å²) in [6.45, 7) is 9.05. The van der Waals surface area contributed by atoms with Gasteiger partial charge in [-0.25, -0.2) is 0 Å². The second-order valence-electron chi connectivity index (χ2n) is 12.7. The number of rotatable bonds is 14. The minimum Gasteiger partial charge on any atom is -0.396 e. The molecule has 3 aliphatic rings. The molecule has 3 unspecified atom stereocenters. The minimum absolute atomic E-state index is 0.0276. The molecule has 6 rings (SSSR count). The predicted octanol–water partition coefficient (Wildman–Crippen LogP) is 6.60. The van der Waals surface area contributed by atoms with Crippen molar-refractivity contribution in [3.05, 3.63) is 98.1 Å². The molecule has 1 spiro atoms. The molecule has 0 radical (unpaired) electrons. The van der Waals surface area contributed by atoms with Gasteiger partial charge in [-0.2, -0.15) is 0 Å². The number of thioether (sulfide) groups is 1. The number of hydrogen-bond acceptors (Lipinski definition) is 5. The van der Waals surface area contributed by atoms with E-state index < -0.39 is 22.6 Å². The van der Waals surface area contributed by atoms with E-state index in [9.17, 15) is 14.7 Å². The molecule has 3 amide bonds. The Bertz CT molecular complexity index is 1650. The molecule has 3 saturated heterocycles. The third-order valence-corrected chi connectivity index (χ3v) is 13.1. The molecule has 246 valence electrons. The predicted molar refractivity (Wildman–Crippen MR) is 195 cm³/mol. The smallest absolute Gasteiger partial charge is 0.251 e. The number of benzene rings is 3. The maximum atomic E-state index is 15.0. The van der Waals surface area contributed by atoms with E-state index in [2.05, 4.69) is 29.1 Å². The quantitative estimate of drug-likeness (QED) is 0.116. The number of anilines is 2. The summed E-state index contributed by atoms with van der Waals surface area (Å²) >= 11 is 5.57. The van der Waals surface area contributed by atoms with Crippen molar-refractivity contribution in [2.24, 2.45) is 11.8 Å². The first-order valence-corrected chi connectivity index (χ1v) is 18.3. The van der Waals surface area contributed by atoms with Crippen molar-refractivity contribution in [2.75, 3.05) is 36.0 Å². The summed E-state index contributed by atoms with van der Waals surface area (Å²) in [5.41, 5.74) is 1.52. The number of amides is 3. The Morgan fingerprint density at radius 2 is 1.55 bits per heavy atom. The lowest BCUT2D eigenvalue weighted by molar-refractivity contribution is -0.139. The summed E-state index contributed by atoms with van der Waals surface area (Å²) in [5, 5.41) is 11.3. The SMILES string of the molecule is C=CCN(C(=O)C1N(CCCCCCO)C(=O)[C@@H]2[C@@H](C(=O)N(CC=C)c3ccccc3)[C@@H]3SC12CC3Br)c1ccc2ccccc2c1. The van der Waals surface area contributed by atoms with Crippen molar-refractivity contribution in [2.45, 2.75) is 53.0 Å². The summed E-state index contributed by atoms with van der Waals surface area (Å²) in [7, 11) is 0. The molecular formula is C38H42BrN3O4S. The van der Waals surface area contributed by atoms with Gasteiger partial charge < -0.3 is 19.8 Å². The van der Waals surface area contributed by atoms with Crippen molar-refractivity contribution in [1.82, 2.24) is 4.90 Å². The van der Waals surface area contributed by atoms with Crippen LogP contribution in [0.3, 0.4) is 0 Å². The molecule has 6 atom stereocenters. The Morgan fingerprint density at radius 1 is 0.894 bits per heavy atom. The van der Waals surface area contributed by atoms with E-state index >= 15 is 4.79 Å². The van der Waals surface area contributed by atoms with Crippen LogP contribution in [0.25, 0.3) is 10.8 Å². The van der Waals surface area contributed by atoms with Crippen LogP contribution in [0.5, 0.6) is 0 Å². The highest BCUT2D eigenvalue weighted by Crippen LogP contribution is 2.68. The Morgan fingerprint density at radius 3 is 2.26 bits per heavy atom. The zero-order valence-corrected chi connectivity index (χ0v) is 29.0. The van der Waals surface area contributed by atoms with Crippen molar-refractivity contribution >= 4 is 67.6 Å². The number of aliphatic hydroxyl groups is 1. The summed E-state index contributed by atoms with van der Waals surface area (Å²) in [6.07, 6.45) is 7.16. The van der Waals surface area contributed by atoms with Gasteiger partial charge in [0, 0.05) is 47.7 Å². The van der Waals surface area contributed by atoms with E-state index in [0.717, 1.165) is 35.0 Å². The number of unbranched alkanes of at least 4 members (excludes halogenated alkanes) is 3. The average Bonchev–Trinajstić information content (AvgIpc) is 3.68. The molecule has 0 saturated carbocycles. The Hall–Kier alpha value is -3.40. The number of fused-ring (bicyclic) bond motifs is 2. The fourth-order valence-corrected chi connectivity index (χ4v) is 11.5. The fraction of sp³-hybridized carbons (Fsp3) is 0.395. The highest BCUT2D eigenvalue weighted by atomic mass is 79.9. The molecule has 3 fully saturated rings. The van der Waals surface area contributed by atoms with Crippen LogP contribution in [-0.2, 0) is 14.4 Å². The number of aliphatic hydroxyl groups excluding tert-OH is 1. The summed E-state index contributed by atoms with van der Waals surface area (Å²) in [5.74, 6) is -1.57. The van der Waals surface area contributed by atoms with Gasteiger partial charge in [0.05, 0.1) is 16.6 Å². The zero-order chi connectivity index (χ0) is 33.1.